The van der Waals surface area contributed by atoms with Crippen molar-refractivity contribution in [1.82, 2.24) is 25.1 Å². The zero-order valence-corrected chi connectivity index (χ0v) is 21.3. The van der Waals surface area contributed by atoms with Gasteiger partial charge in [-0.05, 0) is 48.9 Å². The van der Waals surface area contributed by atoms with Crippen molar-refractivity contribution in [1.29, 1.82) is 0 Å². The Kier molecular flexibility index (Phi) is 10.1. The van der Waals surface area contributed by atoms with Gasteiger partial charge in [0.2, 0.25) is 10.0 Å². The van der Waals surface area contributed by atoms with Gasteiger partial charge in [-0.3, -0.25) is 4.68 Å². The molecule has 0 fully saturated rings. The zero-order valence-electron chi connectivity index (χ0n) is 18.2. The summed E-state index contributed by atoms with van der Waals surface area (Å²) in [6.07, 6.45) is 3.72. The van der Waals surface area contributed by atoms with Crippen LogP contribution >= 0.6 is 24.0 Å². The third-order valence-corrected chi connectivity index (χ3v) is 6.15. The normalized spacial score (nSPS) is 11.6. The molecule has 172 valence electrons. The molecule has 1 aromatic heterocycles. The van der Waals surface area contributed by atoms with Crippen LogP contribution in [0.2, 0.25) is 0 Å². The molecule has 0 unspecified atom stereocenters. The third-order valence-electron chi connectivity index (χ3n) is 4.72. The summed E-state index contributed by atoms with van der Waals surface area (Å²) in [6, 6.07) is 16.9. The van der Waals surface area contributed by atoms with Crippen molar-refractivity contribution in [2.45, 2.75) is 31.5 Å². The Bertz CT molecular complexity index is 1100. The Balaban J connectivity index is 0.00000363. The van der Waals surface area contributed by atoms with Gasteiger partial charge in [0.1, 0.15) is 0 Å². The molecule has 0 spiro atoms. The van der Waals surface area contributed by atoms with Crippen LogP contribution in [-0.2, 0) is 29.7 Å². The molecule has 10 heteroatoms. The van der Waals surface area contributed by atoms with Crippen molar-refractivity contribution in [2.75, 3.05) is 13.6 Å². The summed E-state index contributed by atoms with van der Waals surface area (Å²) >= 11 is 0. The standard InChI is InChI=1S/C22H28N6O2S.HI/c1-3-24-22(25-15-18-9-11-21(12-10-18)31(29,30)23-2)26-16-19-7-4-5-8-20(19)17-28-14-6-13-27-28;/h4-14,23H,3,15-17H2,1-2H3,(H2,24,25,26);1H. The molecule has 0 bridgehead atoms. The molecule has 2 aromatic carbocycles. The van der Waals surface area contributed by atoms with Crippen molar-refractivity contribution in [3.63, 3.8) is 0 Å². The number of aromatic nitrogens is 2. The fourth-order valence-electron chi connectivity index (χ4n) is 3.04. The van der Waals surface area contributed by atoms with E-state index >= 15 is 0 Å². The molecule has 3 N–H and O–H groups in total. The Morgan fingerprint density at radius 1 is 1.03 bits per heavy atom. The van der Waals surface area contributed by atoms with Crippen LogP contribution in [0.15, 0.2) is 76.9 Å². The molecule has 0 amide bonds. The average Bonchev–Trinajstić information content (AvgIpc) is 3.30. The van der Waals surface area contributed by atoms with Gasteiger partial charge in [-0.25, -0.2) is 18.1 Å². The molecule has 0 aliphatic carbocycles. The second-order valence-corrected chi connectivity index (χ2v) is 8.76. The van der Waals surface area contributed by atoms with E-state index in [0.717, 1.165) is 12.1 Å². The minimum atomic E-state index is -3.43. The zero-order chi connectivity index (χ0) is 22.1. The second kappa shape index (κ2) is 12.6. The van der Waals surface area contributed by atoms with Gasteiger partial charge in [0.05, 0.1) is 18.0 Å². The Morgan fingerprint density at radius 3 is 2.38 bits per heavy atom. The number of hydrogen-bond donors (Lipinski definition) is 3. The molecular weight excluding hydrogens is 539 g/mol. The number of sulfonamides is 1. The Hall–Kier alpha value is -2.44. The average molecular weight is 568 g/mol. The van der Waals surface area contributed by atoms with Gasteiger partial charge in [-0.2, -0.15) is 5.10 Å². The topological polar surface area (TPSA) is 100 Å². The number of guanidine groups is 1. The van der Waals surface area contributed by atoms with E-state index in [0.29, 0.717) is 25.6 Å². The van der Waals surface area contributed by atoms with E-state index in [9.17, 15) is 8.42 Å². The van der Waals surface area contributed by atoms with Crippen molar-refractivity contribution in [2.24, 2.45) is 4.99 Å². The van der Waals surface area contributed by atoms with Crippen LogP contribution in [0.1, 0.15) is 23.6 Å². The van der Waals surface area contributed by atoms with Crippen molar-refractivity contribution in [3.05, 3.63) is 83.7 Å². The summed E-state index contributed by atoms with van der Waals surface area (Å²) in [5.74, 6) is 0.698. The Labute approximate surface area is 206 Å². The monoisotopic (exact) mass is 568 g/mol. The molecule has 0 atom stereocenters. The highest BCUT2D eigenvalue weighted by atomic mass is 127. The minimum Gasteiger partial charge on any atom is -0.357 e. The van der Waals surface area contributed by atoms with Crippen molar-refractivity contribution in [3.8, 4) is 0 Å². The summed E-state index contributed by atoms with van der Waals surface area (Å²) in [6.45, 7) is 4.52. The molecule has 3 rings (SSSR count). The van der Waals surface area contributed by atoms with E-state index in [1.807, 2.05) is 36.0 Å². The van der Waals surface area contributed by atoms with Crippen molar-refractivity contribution < 1.29 is 8.42 Å². The first-order valence-electron chi connectivity index (χ1n) is 10.1. The SMILES string of the molecule is CCNC(=NCc1ccc(S(=O)(=O)NC)cc1)NCc1ccccc1Cn1cccn1.I. The van der Waals surface area contributed by atoms with Gasteiger partial charge in [0, 0.05) is 25.5 Å². The van der Waals surface area contributed by atoms with E-state index in [1.165, 1.54) is 18.2 Å². The number of aliphatic imine (C=N–C) groups is 1. The largest absolute Gasteiger partial charge is 0.357 e. The van der Waals surface area contributed by atoms with Crippen LogP contribution in [-0.4, -0.2) is 37.8 Å². The van der Waals surface area contributed by atoms with E-state index in [1.54, 1.807) is 30.5 Å². The number of nitrogens with zero attached hydrogens (tertiary/aromatic N) is 3. The number of halogens is 1. The molecule has 32 heavy (non-hydrogen) atoms. The Morgan fingerprint density at radius 2 is 1.75 bits per heavy atom. The number of rotatable bonds is 9. The maximum absolute atomic E-state index is 11.8. The van der Waals surface area contributed by atoms with E-state index in [-0.39, 0.29) is 28.9 Å². The molecule has 0 saturated heterocycles. The van der Waals surface area contributed by atoms with Crippen LogP contribution in [0, 0.1) is 0 Å². The maximum Gasteiger partial charge on any atom is 0.240 e. The predicted octanol–water partition coefficient (Wildman–Crippen LogP) is 2.71. The fourth-order valence-corrected chi connectivity index (χ4v) is 3.77. The van der Waals surface area contributed by atoms with Crippen LogP contribution < -0.4 is 15.4 Å². The van der Waals surface area contributed by atoms with E-state index in [2.05, 4.69) is 37.6 Å². The van der Waals surface area contributed by atoms with Gasteiger partial charge < -0.3 is 10.6 Å². The summed E-state index contributed by atoms with van der Waals surface area (Å²) in [7, 11) is -2.04. The molecule has 8 nitrogen and oxygen atoms in total. The second-order valence-electron chi connectivity index (χ2n) is 6.87. The van der Waals surface area contributed by atoms with Gasteiger partial charge in [0.15, 0.2) is 5.96 Å². The number of hydrogen-bond acceptors (Lipinski definition) is 4. The fraction of sp³-hybridized carbons (Fsp3) is 0.273. The summed E-state index contributed by atoms with van der Waals surface area (Å²) in [5, 5.41) is 10.9. The van der Waals surface area contributed by atoms with Gasteiger partial charge >= 0.3 is 0 Å². The summed E-state index contributed by atoms with van der Waals surface area (Å²) in [5.41, 5.74) is 3.28. The van der Waals surface area contributed by atoms with Gasteiger partial charge in [-0.1, -0.05) is 36.4 Å². The van der Waals surface area contributed by atoms with E-state index in [4.69, 9.17) is 0 Å². The minimum absolute atomic E-state index is 0. The quantitative estimate of drug-likeness (QED) is 0.210. The predicted molar refractivity (Wildman–Crippen MR) is 138 cm³/mol. The molecule has 0 radical (unpaired) electrons. The lowest BCUT2D eigenvalue weighted by molar-refractivity contribution is 0.588. The highest BCUT2D eigenvalue weighted by molar-refractivity contribution is 14.0. The molecule has 3 aromatic rings. The maximum atomic E-state index is 11.8. The first kappa shape index (κ1) is 25.8. The van der Waals surface area contributed by atoms with Gasteiger partial charge in [-0.15, -0.1) is 24.0 Å². The molecular formula is C22H29IN6O2S. The molecule has 1 heterocycles. The van der Waals surface area contributed by atoms with Crippen LogP contribution in [0.4, 0.5) is 0 Å². The lowest BCUT2D eigenvalue weighted by atomic mass is 10.1. The molecule has 0 saturated carbocycles. The number of benzene rings is 2. The lowest BCUT2D eigenvalue weighted by Gasteiger charge is -2.14. The lowest BCUT2D eigenvalue weighted by Crippen LogP contribution is -2.37. The van der Waals surface area contributed by atoms with Crippen LogP contribution in [0.5, 0.6) is 0 Å². The highest BCUT2D eigenvalue weighted by Crippen LogP contribution is 2.12. The smallest absolute Gasteiger partial charge is 0.240 e. The van der Waals surface area contributed by atoms with E-state index < -0.39 is 10.0 Å². The first-order valence-corrected chi connectivity index (χ1v) is 11.6. The highest BCUT2D eigenvalue weighted by Gasteiger charge is 2.10. The van der Waals surface area contributed by atoms with Crippen LogP contribution in [0.25, 0.3) is 0 Å². The first-order chi connectivity index (χ1) is 15.0. The van der Waals surface area contributed by atoms with Crippen molar-refractivity contribution >= 4 is 40.0 Å². The third kappa shape index (κ3) is 7.31. The molecule has 0 aliphatic rings. The summed E-state index contributed by atoms with van der Waals surface area (Å²) < 4.78 is 27.9. The number of nitrogens with one attached hydrogen (secondary N) is 3. The molecule has 0 aliphatic heterocycles. The summed E-state index contributed by atoms with van der Waals surface area (Å²) in [4.78, 5) is 4.87. The van der Waals surface area contributed by atoms with Gasteiger partial charge in [0.25, 0.3) is 0 Å². The van der Waals surface area contributed by atoms with Crippen LogP contribution in [0.3, 0.4) is 0 Å².